The summed E-state index contributed by atoms with van der Waals surface area (Å²) in [4.78, 5) is 12.4. The van der Waals surface area contributed by atoms with Crippen molar-refractivity contribution in [1.82, 2.24) is 10.6 Å². The number of thioether (sulfide) groups is 1. The van der Waals surface area contributed by atoms with Gasteiger partial charge in [0.05, 0.1) is 11.3 Å². The number of rotatable bonds is 4. The Morgan fingerprint density at radius 1 is 1.45 bits per heavy atom. The molecule has 2 heterocycles. The molecule has 1 aromatic rings. The Labute approximate surface area is 135 Å². The molecule has 2 aliphatic heterocycles. The fourth-order valence-corrected chi connectivity index (χ4v) is 4.06. The number of nitrogens with two attached hydrogens (primary N) is 1. The van der Waals surface area contributed by atoms with Crippen molar-refractivity contribution in [3.63, 3.8) is 0 Å². The smallest absolute Gasteiger partial charge is 0.239 e. The molecule has 0 spiro atoms. The molecule has 2 saturated heterocycles. The third-order valence-corrected chi connectivity index (χ3v) is 5.59. The number of benzene rings is 1. The second-order valence-electron chi connectivity index (χ2n) is 6.17. The molecular weight excluding hydrogens is 298 g/mol. The average molecular weight is 321 g/mol. The quantitative estimate of drug-likeness (QED) is 0.727. The topological polar surface area (TPSA) is 79.7 Å². The van der Waals surface area contributed by atoms with E-state index in [-0.39, 0.29) is 23.3 Å². The van der Waals surface area contributed by atoms with Crippen molar-refractivity contribution in [2.75, 3.05) is 12.3 Å². The summed E-state index contributed by atoms with van der Waals surface area (Å²) < 4.78 is 5.89. The number of amides is 1. The Balaban J connectivity index is 1.84. The number of epoxide rings is 1. The van der Waals surface area contributed by atoms with Crippen LogP contribution in [0, 0.1) is 5.92 Å². The van der Waals surface area contributed by atoms with Crippen LogP contribution >= 0.6 is 11.8 Å². The summed E-state index contributed by atoms with van der Waals surface area (Å²) in [5.41, 5.74) is 6.46. The molecule has 22 heavy (non-hydrogen) atoms. The molecule has 2 fully saturated rings. The van der Waals surface area contributed by atoms with Crippen molar-refractivity contribution in [3.05, 3.63) is 35.9 Å². The maximum Gasteiger partial charge on any atom is 0.239 e. The summed E-state index contributed by atoms with van der Waals surface area (Å²) in [5.74, 6) is 0.922. The summed E-state index contributed by atoms with van der Waals surface area (Å²) in [6.45, 7) is 4.76. The van der Waals surface area contributed by atoms with E-state index in [1.165, 1.54) is 0 Å². The Morgan fingerprint density at radius 3 is 2.86 bits per heavy atom. The van der Waals surface area contributed by atoms with Gasteiger partial charge in [0.15, 0.2) is 12.0 Å². The van der Waals surface area contributed by atoms with Gasteiger partial charge in [-0.3, -0.25) is 10.1 Å². The predicted molar refractivity (Wildman–Crippen MR) is 88.2 cm³/mol. The second kappa shape index (κ2) is 6.20. The molecule has 4 N–H and O–H groups in total. The van der Waals surface area contributed by atoms with Crippen molar-refractivity contribution < 1.29 is 9.53 Å². The third-order valence-electron chi connectivity index (χ3n) is 4.19. The lowest BCUT2D eigenvalue weighted by Crippen LogP contribution is -2.52. The van der Waals surface area contributed by atoms with E-state index >= 15 is 0 Å². The summed E-state index contributed by atoms with van der Waals surface area (Å²) in [6, 6.07) is 9.66. The van der Waals surface area contributed by atoms with Crippen molar-refractivity contribution in [2.45, 2.75) is 37.1 Å². The molecule has 120 valence electrons. The Morgan fingerprint density at radius 2 is 2.18 bits per heavy atom. The van der Waals surface area contributed by atoms with Crippen molar-refractivity contribution in [2.24, 2.45) is 11.7 Å². The van der Waals surface area contributed by atoms with Gasteiger partial charge in [0.25, 0.3) is 0 Å². The number of nitrogens with one attached hydrogen (secondary N) is 2. The minimum absolute atomic E-state index is 0.0667. The van der Waals surface area contributed by atoms with Gasteiger partial charge in [0.2, 0.25) is 5.91 Å². The van der Waals surface area contributed by atoms with E-state index < -0.39 is 11.8 Å². The van der Waals surface area contributed by atoms with Crippen LogP contribution in [0.25, 0.3) is 0 Å². The maximum atomic E-state index is 12.4. The number of fused-ring (bicyclic) bond motifs is 1. The van der Waals surface area contributed by atoms with Gasteiger partial charge in [-0.2, -0.15) is 0 Å². The molecule has 0 bridgehead atoms. The molecule has 3 unspecified atom stereocenters. The zero-order chi connectivity index (χ0) is 15.7. The van der Waals surface area contributed by atoms with Gasteiger partial charge in [-0.25, -0.2) is 0 Å². The van der Waals surface area contributed by atoms with E-state index in [0.717, 1.165) is 17.9 Å². The first-order valence-electron chi connectivity index (χ1n) is 7.70. The number of hydrogen-bond donors (Lipinski definition) is 3. The van der Waals surface area contributed by atoms with E-state index in [4.69, 9.17) is 10.5 Å². The molecule has 3 rings (SSSR count). The van der Waals surface area contributed by atoms with E-state index in [2.05, 4.69) is 22.8 Å². The summed E-state index contributed by atoms with van der Waals surface area (Å²) in [7, 11) is 0. The minimum atomic E-state index is -0.688. The van der Waals surface area contributed by atoms with Gasteiger partial charge in [-0.15, -0.1) is 11.8 Å². The summed E-state index contributed by atoms with van der Waals surface area (Å²) in [6.07, 6.45) is -0.143. The van der Waals surface area contributed by atoms with Crippen molar-refractivity contribution in [3.8, 4) is 0 Å². The predicted octanol–water partition coefficient (Wildman–Crippen LogP) is 1.22. The minimum Gasteiger partial charge on any atom is -0.327 e. The van der Waals surface area contributed by atoms with Gasteiger partial charge >= 0.3 is 0 Å². The molecular formula is C16H23N3O2S. The maximum absolute atomic E-state index is 12.4. The first-order valence-corrected chi connectivity index (χ1v) is 8.75. The highest BCUT2D eigenvalue weighted by Gasteiger charge is 2.64. The Bertz CT molecular complexity index is 539. The van der Waals surface area contributed by atoms with Crippen LogP contribution in [0.1, 0.15) is 24.7 Å². The first kappa shape index (κ1) is 15.8. The van der Waals surface area contributed by atoms with Crippen LogP contribution in [0.15, 0.2) is 30.3 Å². The zero-order valence-electron chi connectivity index (χ0n) is 12.9. The second-order valence-corrected chi connectivity index (χ2v) is 7.38. The van der Waals surface area contributed by atoms with E-state index in [1.807, 2.05) is 32.0 Å². The first-order chi connectivity index (χ1) is 10.5. The number of carbonyl (C=O) groups is 1. The third kappa shape index (κ3) is 2.88. The van der Waals surface area contributed by atoms with Gasteiger partial charge in [-0.05, 0) is 11.5 Å². The molecule has 1 amide bonds. The molecule has 0 aliphatic carbocycles. The number of ether oxygens (including phenoxy) is 1. The molecule has 6 heteroatoms. The zero-order valence-corrected chi connectivity index (χ0v) is 13.7. The molecule has 0 aromatic heterocycles. The summed E-state index contributed by atoms with van der Waals surface area (Å²) in [5, 5.41) is 6.47. The highest BCUT2D eigenvalue weighted by molar-refractivity contribution is 7.99. The number of carbonyl (C=O) groups excluding carboxylic acids is 1. The largest absolute Gasteiger partial charge is 0.327 e. The van der Waals surface area contributed by atoms with Crippen molar-refractivity contribution in [1.29, 1.82) is 0 Å². The molecule has 1 aromatic carbocycles. The average Bonchev–Trinajstić information content (AvgIpc) is 3.21. The van der Waals surface area contributed by atoms with Crippen LogP contribution in [0.3, 0.4) is 0 Å². The normalized spacial score (nSPS) is 32.0. The van der Waals surface area contributed by atoms with Gasteiger partial charge in [0.1, 0.15) is 0 Å². The van der Waals surface area contributed by atoms with E-state index in [1.54, 1.807) is 11.8 Å². The lowest BCUT2D eigenvalue weighted by atomic mass is 10.0. The molecule has 2 aliphatic rings. The standard InChI is InChI=1S/C16H23N3O2S/c1-10(2)12(17)14(20)19-16-13(11-6-4-3-5-7-11)22-9-8-18-15(16)21-16/h3-7,10,12-13,15,18H,8-9,17H2,1-2H3,(H,19,20)/t12-,13?,15?,16?/m0/s1. The van der Waals surface area contributed by atoms with Crippen LogP contribution in [0.2, 0.25) is 0 Å². The molecule has 4 atom stereocenters. The molecule has 5 nitrogen and oxygen atoms in total. The Kier molecular flexibility index (Phi) is 4.45. The van der Waals surface area contributed by atoms with Gasteiger partial charge in [-0.1, -0.05) is 44.2 Å². The van der Waals surface area contributed by atoms with Crippen LogP contribution in [-0.2, 0) is 9.53 Å². The number of hydrogen-bond acceptors (Lipinski definition) is 5. The monoisotopic (exact) mass is 321 g/mol. The molecule has 0 saturated carbocycles. The SMILES string of the molecule is CC(C)[C@H](N)C(=O)NC12OC1NCCSC2c1ccccc1. The molecule has 0 radical (unpaired) electrons. The fraction of sp³-hybridized carbons (Fsp3) is 0.562. The van der Waals surface area contributed by atoms with Crippen molar-refractivity contribution >= 4 is 17.7 Å². The van der Waals surface area contributed by atoms with Gasteiger partial charge < -0.3 is 15.8 Å². The highest BCUT2D eigenvalue weighted by Crippen LogP contribution is 2.51. The van der Waals surface area contributed by atoms with Crippen LogP contribution < -0.4 is 16.4 Å². The van der Waals surface area contributed by atoms with Crippen LogP contribution in [0.4, 0.5) is 0 Å². The summed E-state index contributed by atoms with van der Waals surface area (Å²) >= 11 is 1.80. The van der Waals surface area contributed by atoms with Crippen LogP contribution in [0.5, 0.6) is 0 Å². The van der Waals surface area contributed by atoms with Crippen LogP contribution in [-0.4, -0.2) is 36.2 Å². The lowest BCUT2D eigenvalue weighted by Gasteiger charge is -2.26. The van der Waals surface area contributed by atoms with E-state index in [0.29, 0.717) is 0 Å². The fourth-order valence-electron chi connectivity index (χ4n) is 2.76. The highest BCUT2D eigenvalue weighted by atomic mass is 32.2. The van der Waals surface area contributed by atoms with E-state index in [9.17, 15) is 4.79 Å². The Hall–Kier alpha value is -1.08. The lowest BCUT2D eigenvalue weighted by molar-refractivity contribution is -0.125. The van der Waals surface area contributed by atoms with Gasteiger partial charge in [0, 0.05) is 12.3 Å².